The van der Waals surface area contributed by atoms with E-state index in [9.17, 15) is 17.6 Å². The Kier molecular flexibility index (Phi) is 6.78. The fourth-order valence-electron chi connectivity index (χ4n) is 0.809. The molecule has 0 saturated carbocycles. The lowest BCUT2D eigenvalue weighted by molar-refractivity contribution is -0.172. The van der Waals surface area contributed by atoms with Gasteiger partial charge in [0.2, 0.25) is 0 Å². The van der Waals surface area contributed by atoms with Crippen LogP contribution < -0.4 is 5.73 Å². The summed E-state index contributed by atoms with van der Waals surface area (Å²) in [6.07, 6.45) is -4.26. The maximum atomic E-state index is 12.3. The molecule has 0 amide bonds. The molecule has 0 heterocycles. The molecule has 0 spiro atoms. The SMILES string of the molecule is CCOC(CN)COCC(F)(F)C(F)F. The zero-order valence-electron chi connectivity index (χ0n) is 8.39. The van der Waals surface area contributed by atoms with Gasteiger partial charge in [0.05, 0.1) is 12.7 Å². The van der Waals surface area contributed by atoms with Gasteiger partial charge in [-0.3, -0.25) is 0 Å². The fraction of sp³-hybridized carbons (Fsp3) is 1.00. The Morgan fingerprint density at radius 1 is 1.33 bits per heavy atom. The van der Waals surface area contributed by atoms with Crippen LogP contribution in [0.15, 0.2) is 0 Å². The van der Waals surface area contributed by atoms with E-state index in [1.807, 2.05) is 0 Å². The van der Waals surface area contributed by atoms with Crippen LogP contribution in [-0.4, -0.2) is 44.8 Å². The van der Waals surface area contributed by atoms with Crippen molar-refractivity contribution < 1.29 is 27.0 Å². The summed E-state index contributed by atoms with van der Waals surface area (Å²) in [5.41, 5.74) is 5.23. The fourth-order valence-corrected chi connectivity index (χ4v) is 0.809. The second kappa shape index (κ2) is 6.97. The molecule has 0 aromatic heterocycles. The Bertz CT molecular complexity index is 169. The number of rotatable bonds is 8. The van der Waals surface area contributed by atoms with E-state index in [0.717, 1.165) is 0 Å². The molecule has 0 rings (SSSR count). The van der Waals surface area contributed by atoms with Gasteiger partial charge in [-0.25, -0.2) is 8.78 Å². The van der Waals surface area contributed by atoms with Crippen molar-refractivity contribution in [1.82, 2.24) is 0 Å². The Morgan fingerprint density at radius 3 is 2.33 bits per heavy atom. The van der Waals surface area contributed by atoms with Gasteiger partial charge in [0.15, 0.2) is 0 Å². The molecule has 0 radical (unpaired) electrons. The number of halogens is 4. The van der Waals surface area contributed by atoms with E-state index in [-0.39, 0.29) is 13.2 Å². The first-order chi connectivity index (χ1) is 6.94. The van der Waals surface area contributed by atoms with Crippen molar-refractivity contribution in [1.29, 1.82) is 0 Å². The maximum Gasteiger partial charge on any atom is 0.330 e. The number of alkyl halides is 4. The third-order valence-electron chi connectivity index (χ3n) is 1.58. The van der Waals surface area contributed by atoms with Crippen LogP contribution in [0.5, 0.6) is 0 Å². The van der Waals surface area contributed by atoms with E-state index in [1.165, 1.54) is 0 Å². The topological polar surface area (TPSA) is 44.5 Å². The quantitative estimate of drug-likeness (QED) is 0.642. The molecular formula is C8H15F4NO2. The monoisotopic (exact) mass is 233 g/mol. The summed E-state index contributed by atoms with van der Waals surface area (Å²) >= 11 is 0. The normalized spacial score (nSPS) is 14.6. The molecule has 0 saturated heterocycles. The first kappa shape index (κ1) is 14.6. The molecule has 0 aromatic carbocycles. The van der Waals surface area contributed by atoms with Gasteiger partial charge in [-0.15, -0.1) is 0 Å². The highest BCUT2D eigenvalue weighted by Crippen LogP contribution is 2.22. The number of hydrogen-bond acceptors (Lipinski definition) is 3. The zero-order valence-corrected chi connectivity index (χ0v) is 8.39. The van der Waals surface area contributed by atoms with E-state index in [1.54, 1.807) is 6.92 Å². The Hall–Kier alpha value is -0.400. The van der Waals surface area contributed by atoms with Gasteiger partial charge in [-0.1, -0.05) is 0 Å². The molecule has 92 valence electrons. The van der Waals surface area contributed by atoms with E-state index in [2.05, 4.69) is 4.74 Å². The van der Waals surface area contributed by atoms with E-state index >= 15 is 0 Å². The predicted molar refractivity (Wildman–Crippen MR) is 46.2 cm³/mol. The summed E-state index contributed by atoms with van der Waals surface area (Å²) in [5, 5.41) is 0. The molecule has 2 N–H and O–H groups in total. The minimum Gasteiger partial charge on any atom is -0.375 e. The molecular weight excluding hydrogens is 218 g/mol. The second-order valence-electron chi connectivity index (χ2n) is 2.89. The van der Waals surface area contributed by atoms with Gasteiger partial charge in [0.25, 0.3) is 0 Å². The average Bonchev–Trinajstić information content (AvgIpc) is 2.16. The standard InChI is InChI=1S/C8H15F4NO2/c1-2-15-6(3-13)4-14-5-8(11,12)7(9)10/h6-7H,2-5,13H2,1H3. The van der Waals surface area contributed by atoms with Crippen LogP contribution in [0.1, 0.15) is 6.92 Å². The predicted octanol–water partition coefficient (Wildman–Crippen LogP) is 1.27. The zero-order chi connectivity index (χ0) is 11.9. The largest absolute Gasteiger partial charge is 0.375 e. The molecule has 3 nitrogen and oxygen atoms in total. The first-order valence-corrected chi connectivity index (χ1v) is 4.49. The van der Waals surface area contributed by atoms with Gasteiger partial charge in [-0.05, 0) is 6.92 Å². The molecule has 1 atom stereocenters. The van der Waals surface area contributed by atoms with Crippen molar-refractivity contribution in [3.8, 4) is 0 Å². The molecule has 1 unspecified atom stereocenters. The van der Waals surface area contributed by atoms with Gasteiger partial charge >= 0.3 is 12.3 Å². The number of nitrogens with two attached hydrogens (primary N) is 1. The highest BCUT2D eigenvalue weighted by atomic mass is 19.3. The summed E-state index contributed by atoms with van der Waals surface area (Å²) in [6.45, 7) is 0.613. The van der Waals surface area contributed by atoms with Crippen LogP contribution in [0.2, 0.25) is 0 Å². The molecule has 7 heteroatoms. The maximum absolute atomic E-state index is 12.3. The average molecular weight is 233 g/mol. The molecule has 0 aliphatic rings. The van der Waals surface area contributed by atoms with Gasteiger partial charge in [0.1, 0.15) is 6.61 Å². The summed E-state index contributed by atoms with van der Waals surface area (Å²) < 4.78 is 57.5. The van der Waals surface area contributed by atoms with Crippen LogP contribution in [0, 0.1) is 0 Å². The summed E-state index contributed by atoms with van der Waals surface area (Å²) in [6, 6.07) is 0. The highest BCUT2D eigenvalue weighted by Gasteiger charge is 2.41. The molecule has 15 heavy (non-hydrogen) atoms. The van der Waals surface area contributed by atoms with Crippen LogP contribution in [0.25, 0.3) is 0 Å². The molecule has 0 fully saturated rings. The van der Waals surface area contributed by atoms with Crippen molar-refractivity contribution in [3.63, 3.8) is 0 Å². The Labute approximate surface area is 85.5 Å². The molecule has 0 aliphatic heterocycles. The first-order valence-electron chi connectivity index (χ1n) is 4.49. The molecule has 0 bridgehead atoms. The van der Waals surface area contributed by atoms with Gasteiger partial charge < -0.3 is 15.2 Å². The Morgan fingerprint density at radius 2 is 1.93 bits per heavy atom. The third-order valence-corrected chi connectivity index (χ3v) is 1.58. The van der Waals surface area contributed by atoms with Gasteiger partial charge in [-0.2, -0.15) is 8.78 Å². The minimum atomic E-state index is -4.12. The molecule has 0 aliphatic carbocycles. The lowest BCUT2D eigenvalue weighted by atomic mass is 10.3. The smallest absolute Gasteiger partial charge is 0.330 e. The highest BCUT2D eigenvalue weighted by molar-refractivity contribution is 4.68. The summed E-state index contributed by atoms with van der Waals surface area (Å²) in [5.74, 6) is -4.12. The van der Waals surface area contributed by atoms with Crippen LogP contribution in [0.3, 0.4) is 0 Å². The van der Waals surface area contributed by atoms with Gasteiger partial charge in [0, 0.05) is 13.2 Å². The third kappa shape index (κ3) is 5.91. The minimum absolute atomic E-state index is 0.0914. The number of hydrogen-bond donors (Lipinski definition) is 1. The van der Waals surface area contributed by atoms with Crippen molar-refractivity contribution in [2.24, 2.45) is 5.73 Å². The lowest BCUT2D eigenvalue weighted by Crippen LogP contribution is -2.35. The van der Waals surface area contributed by atoms with Crippen LogP contribution in [0.4, 0.5) is 17.6 Å². The second-order valence-corrected chi connectivity index (χ2v) is 2.89. The Balaban J connectivity index is 3.76. The van der Waals surface area contributed by atoms with Crippen molar-refractivity contribution in [3.05, 3.63) is 0 Å². The van der Waals surface area contributed by atoms with E-state index < -0.39 is 25.1 Å². The number of ether oxygens (including phenoxy) is 2. The van der Waals surface area contributed by atoms with Crippen molar-refractivity contribution in [2.75, 3.05) is 26.4 Å². The van der Waals surface area contributed by atoms with Crippen LogP contribution in [-0.2, 0) is 9.47 Å². The van der Waals surface area contributed by atoms with Crippen molar-refractivity contribution >= 4 is 0 Å². The van der Waals surface area contributed by atoms with E-state index in [4.69, 9.17) is 10.5 Å². The summed E-state index contributed by atoms with van der Waals surface area (Å²) in [4.78, 5) is 0. The lowest BCUT2D eigenvalue weighted by Gasteiger charge is -2.18. The van der Waals surface area contributed by atoms with Crippen molar-refractivity contribution in [2.45, 2.75) is 25.4 Å². The van der Waals surface area contributed by atoms with E-state index in [0.29, 0.717) is 6.61 Å². The summed E-state index contributed by atoms with van der Waals surface area (Å²) in [7, 11) is 0. The van der Waals surface area contributed by atoms with Crippen LogP contribution >= 0.6 is 0 Å². The molecule has 0 aromatic rings.